The van der Waals surface area contributed by atoms with E-state index in [1.165, 1.54) is 0 Å². The highest BCUT2D eigenvalue weighted by atomic mass is 16.5. The Morgan fingerprint density at radius 1 is 1.33 bits per heavy atom. The van der Waals surface area contributed by atoms with Crippen LogP contribution in [-0.2, 0) is 9.53 Å². The van der Waals surface area contributed by atoms with Crippen LogP contribution in [0.1, 0.15) is 19.8 Å². The summed E-state index contributed by atoms with van der Waals surface area (Å²) in [5.41, 5.74) is 0.808. The molecule has 0 spiro atoms. The number of urea groups is 1. The van der Waals surface area contributed by atoms with Crippen LogP contribution in [0.2, 0.25) is 0 Å². The van der Waals surface area contributed by atoms with Gasteiger partial charge in [0, 0.05) is 38.4 Å². The molecule has 1 aliphatic rings. The van der Waals surface area contributed by atoms with Crippen LogP contribution in [0.5, 0.6) is 5.75 Å². The molecule has 1 unspecified atom stereocenters. The van der Waals surface area contributed by atoms with E-state index < -0.39 is 0 Å². The van der Waals surface area contributed by atoms with Crippen LogP contribution in [0.25, 0.3) is 0 Å². The Balaban J connectivity index is 1.78. The zero-order chi connectivity index (χ0) is 17.4. The zero-order valence-corrected chi connectivity index (χ0v) is 14.2. The highest BCUT2D eigenvalue weighted by molar-refractivity contribution is 5.96. The minimum atomic E-state index is -0.249. The molecule has 1 aromatic carbocycles. The summed E-state index contributed by atoms with van der Waals surface area (Å²) in [7, 11) is 1.60. The third kappa shape index (κ3) is 5.13. The van der Waals surface area contributed by atoms with E-state index in [1.807, 2.05) is 31.2 Å². The monoisotopic (exact) mass is 335 g/mol. The van der Waals surface area contributed by atoms with Gasteiger partial charge in [0.25, 0.3) is 0 Å². The first-order chi connectivity index (χ1) is 11.6. The maximum Gasteiger partial charge on any atom is 0.315 e. The molecule has 2 rings (SSSR count). The van der Waals surface area contributed by atoms with Gasteiger partial charge in [0.05, 0.1) is 13.2 Å². The van der Waals surface area contributed by atoms with E-state index in [9.17, 15) is 9.59 Å². The molecule has 3 amide bonds. The van der Waals surface area contributed by atoms with E-state index in [-0.39, 0.29) is 18.0 Å². The number of ether oxygens (including phenoxy) is 2. The van der Waals surface area contributed by atoms with E-state index in [0.29, 0.717) is 32.7 Å². The van der Waals surface area contributed by atoms with E-state index in [1.54, 1.807) is 12.0 Å². The smallest absolute Gasteiger partial charge is 0.315 e. The number of amides is 3. The van der Waals surface area contributed by atoms with Crippen LogP contribution in [0.15, 0.2) is 24.3 Å². The summed E-state index contributed by atoms with van der Waals surface area (Å²) in [6, 6.07) is 6.87. The molecular formula is C17H25N3O4. The lowest BCUT2D eigenvalue weighted by atomic mass is 10.2. The number of anilines is 1. The van der Waals surface area contributed by atoms with Crippen LogP contribution in [0, 0.1) is 0 Å². The van der Waals surface area contributed by atoms with Crippen molar-refractivity contribution in [3.63, 3.8) is 0 Å². The number of rotatable bonds is 8. The van der Waals surface area contributed by atoms with Crippen molar-refractivity contribution in [3.05, 3.63) is 24.3 Å². The minimum Gasteiger partial charge on any atom is -0.497 e. The van der Waals surface area contributed by atoms with Crippen LogP contribution < -0.4 is 20.3 Å². The van der Waals surface area contributed by atoms with Crippen molar-refractivity contribution in [3.8, 4) is 5.75 Å². The van der Waals surface area contributed by atoms with Crippen LogP contribution >= 0.6 is 0 Å². The number of carbonyl (C=O) groups excluding carboxylic acids is 2. The average Bonchev–Trinajstić information content (AvgIpc) is 2.95. The van der Waals surface area contributed by atoms with Gasteiger partial charge >= 0.3 is 6.03 Å². The highest BCUT2D eigenvalue weighted by Gasteiger charge is 2.31. The van der Waals surface area contributed by atoms with Crippen molar-refractivity contribution >= 4 is 17.6 Å². The van der Waals surface area contributed by atoms with Gasteiger partial charge in [0.1, 0.15) is 5.75 Å². The topological polar surface area (TPSA) is 79.9 Å². The van der Waals surface area contributed by atoms with Gasteiger partial charge in [-0.25, -0.2) is 4.79 Å². The van der Waals surface area contributed by atoms with Gasteiger partial charge in [-0.15, -0.1) is 0 Å². The number of nitrogens with zero attached hydrogens (tertiary/aromatic N) is 1. The van der Waals surface area contributed by atoms with Gasteiger partial charge in [-0.1, -0.05) is 0 Å². The fraction of sp³-hybridized carbons (Fsp3) is 0.529. The van der Waals surface area contributed by atoms with E-state index >= 15 is 0 Å². The molecule has 1 aromatic rings. The van der Waals surface area contributed by atoms with Crippen molar-refractivity contribution in [2.24, 2.45) is 0 Å². The fourth-order valence-electron chi connectivity index (χ4n) is 2.57. The summed E-state index contributed by atoms with van der Waals surface area (Å²) >= 11 is 0. The number of carbonyl (C=O) groups is 2. The molecule has 0 saturated carbocycles. The maximum atomic E-state index is 12.2. The summed E-state index contributed by atoms with van der Waals surface area (Å²) in [5.74, 6) is 0.744. The van der Waals surface area contributed by atoms with Crippen molar-refractivity contribution in [1.82, 2.24) is 10.6 Å². The second kappa shape index (κ2) is 9.12. The fourth-order valence-corrected chi connectivity index (χ4v) is 2.57. The number of hydrogen-bond acceptors (Lipinski definition) is 4. The number of hydrogen-bond donors (Lipinski definition) is 2. The van der Waals surface area contributed by atoms with Gasteiger partial charge in [0.15, 0.2) is 0 Å². The van der Waals surface area contributed by atoms with E-state index in [4.69, 9.17) is 9.47 Å². The molecule has 7 nitrogen and oxygen atoms in total. The van der Waals surface area contributed by atoms with Gasteiger partial charge in [-0.2, -0.15) is 0 Å². The molecule has 1 fully saturated rings. The third-order valence-electron chi connectivity index (χ3n) is 3.80. The highest BCUT2D eigenvalue weighted by Crippen LogP contribution is 2.24. The number of methoxy groups -OCH3 is 1. The van der Waals surface area contributed by atoms with Crippen LogP contribution in [0.4, 0.5) is 10.5 Å². The summed E-state index contributed by atoms with van der Waals surface area (Å²) in [5, 5.41) is 5.62. The summed E-state index contributed by atoms with van der Waals surface area (Å²) in [4.78, 5) is 25.7. The molecule has 7 heteroatoms. The zero-order valence-electron chi connectivity index (χ0n) is 14.2. The Labute approximate surface area is 142 Å². The molecule has 1 saturated heterocycles. The molecule has 0 aromatic heterocycles. The summed E-state index contributed by atoms with van der Waals surface area (Å²) in [6.07, 6.45) is 1.07. The quantitative estimate of drug-likeness (QED) is 0.706. The van der Waals surface area contributed by atoms with Crippen molar-refractivity contribution in [2.75, 3.05) is 38.3 Å². The minimum absolute atomic E-state index is 0.00168. The van der Waals surface area contributed by atoms with Crippen LogP contribution in [-0.4, -0.2) is 51.4 Å². The lowest BCUT2D eigenvalue weighted by molar-refractivity contribution is -0.117. The number of benzene rings is 1. The van der Waals surface area contributed by atoms with Crippen molar-refractivity contribution < 1.29 is 19.1 Å². The second-order valence-corrected chi connectivity index (χ2v) is 5.55. The largest absolute Gasteiger partial charge is 0.497 e. The Bertz CT molecular complexity index is 547. The molecule has 0 radical (unpaired) electrons. The first kappa shape index (κ1) is 18.1. The Kier molecular flexibility index (Phi) is 6.87. The first-order valence-electron chi connectivity index (χ1n) is 8.20. The van der Waals surface area contributed by atoms with E-state index in [0.717, 1.165) is 17.9 Å². The van der Waals surface area contributed by atoms with Crippen molar-refractivity contribution in [2.45, 2.75) is 25.8 Å². The number of nitrogens with one attached hydrogen (secondary N) is 2. The molecule has 1 heterocycles. The Morgan fingerprint density at radius 3 is 2.75 bits per heavy atom. The maximum absolute atomic E-state index is 12.2. The predicted molar refractivity (Wildman–Crippen MR) is 91.4 cm³/mol. The summed E-state index contributed by atoms with van der Waals surface area (Å²) < 4.78 is 10.3. The van der Waals surface area contributed by atoms with Gasteiger partial charge in [-0.3, -0.25) is 4.79 Å². The van der Waals surface area contributed by atoms with E-state index in [2.05, 4.69) is 10.6 Å². The molecule has 132 valence electrons. The second-order valence-electron chi connectivity index (χ2n) is 5.55. The lowest BCUT2D eigenvalue weighted by Gasteiger charge is -2.17. The lowest BCUT2D eigenvalue weighted by Crippen LogP contribution is -2.43. The Morgan fingerprint density at radius 2 is 2.08 bits per heavy atom. The molecule has 0 bridgehead atoms. The molecule has 1 atom stereocenters. The molecule has 2 N–H and O–H groups in total. The van der Waals surface area contributed by atoms with Gasteiger partial charge in [-0.05, 0) is 37.6 Å². The molecule has 1 aliphatic heterocycles. The average molecular weight is 335 g/mol. The van der Waals surface area contributed by atoms with Gasteiger partial charge < -0.3 is 25.0 Å². The first-order valence-corrected chi connectivity index (χ1v) is 8.20. The Hall–Kier alpha value is -2.28. The van der Waals surface area contributed by atoms with Gasteiger partial charge in [0.2, 0.25) is 5.91 Å². The molecule has 0 aliphatic carbocycles. The third-order valence-corrected chi connectivity index (χ3v) is 3.80. The van der Waals surface area contributed by atoms with Crippen LogP contribution in [0.3, 0.4) is 0 Å². The van der Waals surface area contributed by atoms with Crippen molar-refractivity contribution in [1.29, 1.82) is 0 Å². The normalized spacial score (nSPS) is 17.0. The molecular weight excluding hydrogens is 310 g/mol. The standard InChI is InChI=1S/C17H25N3O4/c1-3-24-10-4-9-18-17(22)19-13-11-16(21)20(12-13)14-5-7-15(23-2)8-6-14/h5-8,13H,3-4,9-12H2,1-2H3,(H2,18,19,22). The molecule has 24 heavy (non-hydrogen) atoms. The SMILES string of the molecule is CCOCCCNC(=O)NC1CC(=O)N(c2ccc(OC)cc2)C1. The summed E-state index contributed by atoms with van der Waals surface area (Å²) in [6.45, 7) is 4.26. The predicted octanol–water partition coefficient (Wildman–Crippen LogP) is 1.53.